The standard InChI is InChI=1S/C29H42F3N5O3S3/c1-21-5-8-34(9-6-21)13-16-42-27-17-22(3-4-25(27)29(30,31)32)28-24-20-36(43(2,39)40)10-7-26(24)37(33-28)19-23(38)18-35-11-14-41-15-12-35/h3-4,17,21,23,38H,5-16,18-20H2,1-2H3/t23-/m0/s1. The second-order valence-electron chi connectivity index (χ2n) is 12.0. The molecule has 0 bridgehead atoms. The van der Waals surface area contributed by atoms with E-state index in [1.54, 1.807) is 10.7 Å². The number of fused-ring (bicyclic) bond motifs is 1. The molecule has 0 aliphatic carbocycles. The van der Waals surface area contributed by atoms with Gasteiger partial charge in [0.1, 0.15) is 0 Å². The second kappa shape index (κ2) is 14.0. The molecular formula is C29H42F3N5O3S3. The number of halogens is 3. The van der Waals surface area contributed by atoms with Crippen LogP contribution >= 0.6 is 23.5 Å². The second-order valence-corrected chi connectivity index (χ2v) is 16.3. The van der Waals surface area contributed by atoms with E-state index in [1.165, 1.54) is 28.4 Å². The van der Waals surface area contributed by atoms with Crippen LogP contribution in [0.15, 0.2) is 23.1 Å². The Morgan fingerprint density at radius 2 is 1.81 bits per heavy atom. The Morgan fingerprint density at radius 3 is 2.49 bits per heavy atom. The molecule has 2 aromatic rings. The molecule has 8 nitrogen and oxygen atoms in total. The Hall–Kier alpha value is -1.29. The molecule has 14 heteroatoms. The normalized spacial score (nSPS) is 20.8. The molecule has 0 amide bonds. The fourth-order valence-corrected chi connectivity index (χ4v) is 8.95. The number of β-amino-alcohol motifs (C(OH)–C–C–N with tert-alkyl or cyclic N) is 1. The fraction of sp³-hybridized carbons (Fsp3) is 0.690. The maximum atomic E-state index is 14.1. The summed E-state index contributed by atoms with van der Waals surface area (Å²) in [6.07, 6.45) is -1.37. The average Bonchev–Trinajstić information content (AvgIpc) is 3.31. The number of likely N-dealkylation sites (tertiary alicyclic amines) is 1. The van der Waals surface area contributed by atoms with Gasteiger partial charge in [-0.05, 0) is 44.0 Å². The Morgan fingerprint density at radius 1 is 1.09 bits per heavy atom. The van der Waals surface area contributed by atoms with Gasteiger partial charge in [0.25, 0.3) is 0 Å². The first-order valence-electron chi connectivity index (χ1n) is 15.0. The first kappa shape index (κ1) is 33.1. The van der Waals surface area contributed by atoms with E-state index in [-0.39, 0.29) is 18.0 Å². The summed E-state index contributed by atoms with van der Waals surface area (Å²) in [6, 6.07) is 4.11. The highest BCUT2D eigenvalue weighted by atomic mass is 32.2. The summed E-state index contributed by atoms with van der Waals surface area (Å²) in [5.41, 5.74) is 1.85. The maximum Gasteiger partial charge on any atom is 0.417 e. The van der Waals surface area contributed by atoms with Crippen LogP contribution < -0.4 is 0 Å². The van der Waals surface area contributed by atoms with Gasteiger partial charge in [0.2, 0.25) is 10.0 Å². The van der Waals surface area contributed by atoms with Crippen molar-refractivity contribution in [3.05, 3.63) is 35.0 Å². The molecule has 2 fully saturated rings. The van der Waals surface area contributed by atoms with E-state index in [4.69, 9.17) is 5.10 Å². The number of hydrogen-bond donors (Lipinski definition) is 1. The number of aliphatic hydroxyl groups excluding tert-OH is 1. The Bertz CT molecular complexity index is 1360. The van der Waals surface area contributed by atoms with Gasteiger partial charge in [-0.2, -0.15) is 34.3 Å². The molecule has 43 heavy (non-hydrogen) atoms. The number of piperidine rings is 1. The molecular weight excluding hydrogens is 620 g/mol. The SMILES string of the molecule is CC1CCN(CCSc2cc(-c3nn(C[C@@H](O)CN4CCSCC4)c4c3CN(S(C)(=O)=O)CC4)ccc2C(F)(F)F)CC1. The molecule has 1 aromatic heterocycles. The quantitative estimate of drug-likeness (QED) is 0.381. The summed E-state index contributed by atoms with van der Waals surface area (Å²) < 4.78 is 70.2. The van der Waals surface area contributed by atoms with Crippen LogP contribution in [-0.4, -0.2) is 113 Å². The van der Waals surface area contributed by atoms with Crippen LogP contribution in [0.1, 0.15) is 36.6 Å². The number of sulfonamides is 1. The monoisotopic (exact) mass is 661 g/mol. The number of nitrogens with zero attached hydrogens (tertiary/aromatic N) is 5. The predicted octanol–water partition coefficient (Wildman–Crippen LogP) is 4.12. The number of aliphatic hydroxyl groups is 1. The molecule has 3 aliphatic heterocycles. The van der Waals surface area contributed by atoms with Crippen molar-refractivity contribution in [2.45, 2.75) is 56.5 Å². The highest BCUT2D eigenvalue weighted by Gasteiger charge is 2.35. The molecule has 2 saturated heterocycles. The Balaban J connectivity index is 1.42. The smallest absolute Gasteiger partial charge is 0.390 e. The lowest BCUT2D eigenvalue weighted by Crippen LogP contribution is -2.40. The van der Waals surface area contributed by atoms with E-state index in [0.29, 0.717) is 48.0 Å². The van der Waals surface area contributed by atoms with Crippen LogP contribution in [0.2, 0.25) is 0 Å². The van der Waals surface area contributed by atoms with Crippen LogP contribution in [-0.2, 0) is 35.7 Å². The summed E-state index contributed by atoms with van der Waals surface area (Å²) in [6.45, 7) is 7.86. The van der Waals surface area contributed by atoms with E-state index >= 15 is 0 Å². The first-order chi connectivity index (χ1) is 20.4. The van der Waals surface area contributed by atoms with Gasteiger partial charge in [-0.3, -0.25) is 9.58 Å². The number of rotatable bonds is 10. The minimum Gasteiger partial charge on any atom is -0.390 e. The third-order valence-electron chi connectivity index (χ3n) is 8.63. The maximum absolute atomic E-state index is 14.1. The minimum atomic E-state index is -4.50. The lowest BCUT2D eigenvalue weighted by Gasteiger charge is -2.30. The van der Waals surface area contributed by atoms with Crippen LogP contribution in [0.4, 0.5) is 13.2 Å². The largest absolute Gasteiger partial charge is 0.417 e. The van der Waals surface area contributed by atoms with Crippen LogP contribution in [0.5, 0.6) is 0 Å². The average molecular weight is 662 g/mol. The topological polar surface area (TPSA) is 81.9 Å². The van der Waals surface area contributed by atoms with Crippen LogP contribution in [0.25, 0.3) is 11.3 Å². The Kier molecular flexibility index (Phi) is 10.8. The van der Waals surface area contributed by atoms with Crippen molar-refractivity contribution in [2.75, 3.05) is 69.3 Å². The molecule has 1 N–H and O–H groups in total. The third-order valence-corrected chi connectivity index (χ3v) is 11.9. The first-order valence-corrected chi connectivity index (χ1v) is 19.0. The molecule has 5 rings (SSSR count). The van der Waals surface area contributed by atoms with Crippen molar-refractivity contribution < 1.29 is 26.7 Å². The molecule has 0 unspecified atom stereocenters. The summed E-state index contributed by atoms with van der Waals surface area (Å²) in [4.78, 5) is 4.70. The van der Waals surface area contributed by atoms with E-state index < -0.39 is 27.9 Å². The molecule has 3 aliphatic rings. The molecule has 1 aromatic carbocycles. The van der Waals surface area contributed by atoms with Crippen LogP contribution in [0, 0.1) is 5.92 Å². The predicted molar refractivity (Wildman–Crippen MR) is 167 cm³/mol. The van der Waals surface area contributed by atoms with Gasteiger partial charge in [-0.15, -0.1) is 11.8 Å². The molecule has 240 valence electrons. The summed E-state index contributed by atoms with van der Waals surface area (Å²) in [7, 11) is -3.48. The van der Waals surface area contributed by atoms with E-state index in [9.17, 15) is 26.7 Å². The lowest BCUT2D eigenvalue weighted by molar-refractivity contribution is -0.139. The van der Waals surface area contributed by atoms with Gasteiger partial charge in [0.15, 0.2) is 0 Å². The molecule has 0 spiro atoms. The van der Waals surface area contributed by atoms with Crippen molar-refractivity contribution in [2.24, 2.45) is 5.92 Å². The van der Waals surface area contributed by atoms with E-state index in [0.717, 1.165) is 68.8 Å². The zero-order chi connectivity index (χ0) is 30.8. The van der Waals surface area contributed by atoms with Crippen molar-refractivity contribution in [3.63, 3.8) is 0 Å². The molecule has 4 heterocycles. The van der Waals surface area contributed by atoms with E-state index in [1.807, 2.05) is 11.8 Å². The summed E-state index contributed by atoms with van der Waals surface area (Å²) in [5.74, 6) is 3.28. The zero-order valence-electron chi connectivity index (χ0n) is 24.9. The van der Waals surface area contributed by atoms with E-state index in [2.05, 4.69) is 16.7 Å². The number of aromatic nitrogens is 2. The van der Waals surface area contributed by atoms with Gasteiger partial charge >= 0.3 is 6.18 Å². The Labute approximate surface area is 261 Å². The summed E-state index contributed by atoms with van der Waals surface area (Å²) in [5, 5.41) is 15.8. The van der Waals surface area contributed by atoms with Crippen LogP contribution in [0.3, 0.4) is 0 Å². The van der Waals surface area contributed by atoms with Gasteiger partial charge in [-0.25, -0.2) is 8.42 Å². The van der Waals surface area contributed by atoms with Gasteiger partial charge < -0.3 is 10.0 Å². The third kappa shape index (κ3) is 8.50. The molecule has 0 saturated carbocycles. The summed E-state index contributed by atoms with van der Waals surface area (Å²) >= 11 is 3.10. The minimum absolute atomic E-state index is 0.0970. The van der Waals surface area contributed by atoms with Gasteiger partial charge in [0, 0.05) is 84.7 Å². The van der Waals surface area contributed by atoms with Crippen molar-refractivity contribution in [3.8, 4) is 11.3 Å². The number of alkyl halides is 3. The zero-order valence-corrected chi connectivity index (χ0v) is 27.3. The van der Waals surface area contributed by atoms with Crippen molar-refractivity contribution >= 4 is 33.5 Å². The highest BCUT2D eigenvalue weighted by molar-refractivity contribution is 7.99. The molecule has 0 radical (unpaired) electrons. The lowest BCUT2D eigenvalue weighted by atomic mass is 9.99. The fourth-order valence-electron chi connectivity index (χ4n) is 6.06. The number of benzene rings is 1. The number of thioether (sulfide) groups is 2. The van der Waals surface area contributed by atoms with Crippen molar-refractivity contribution in [1.82, 2.24) is 23.9 Å². The van der Waals surface area contributed by atoms with Crippen molar-refractivity contribution in [1.29, 1.82) is 0 Å². The van der Waals surface area contributed by atoms with Gasteiger partial charge in [-0.1, -0.05) is 13.0 Å². The molecule has 1 atom stereocenters. The van der Waals surface area contributed by atoms with Gasteiger partial charge in [0.05, 0.1) is 30.2 Å². The highest BCUT2D eigenvalue weighted by Crippen LogP contribution is 2.40. The number of hydrogen-bond acceptors (Lipinski definition) is 8.